The van der Waals surface area contributed by atoms with E-state index in [0.717, 1.165) is 18.3 Å². The number of halogens is 1. The van der Waals surface area contributed by atoms with Crippen molar-refractivity contribution in [1.29, 1.82) is 0 Å². The molecule has 0 aromatic heterocycles. The van der Waals surface area contributed by atoms with Gasteiger partial charge in [0.25, 0.3) is 0 Å². The molecule has 0 N–H and O–H groups in total. The van der Waals surface area contributed by atoms with E-state index >= 15 is 0 Å². The first-order valence-electron chi connectivity index (χ1n) is 2.42. The van der Waals surface area contributed by atoms with Gasteiger partial charge in [0.2, 0.25) is 0 Å². The molecule has 4 heteroatoms. The molecule has 0 atom stereocenters. The zero-order chi connectivity index (χ0) is 6.78. The zero-order valence-corrected chi connectivity index (χ0v) is 10.5. The number of methoxy groups -OCH3 is 1. The normalized spacial score (nSPS) is 9.89. The summed E-state index contributed by atoms with van der Waals surface area (Å²) in [5.41, 5.74) is 0. The average molecular weight is 246 g/mol. The molecule has 0 spiro atoms. The van der Waals surface area contributed by atoms with Gasteiger partial charge in [-0.15, -0.1) is 0 Å². The molecule has 0 aliphatic rings. The summed E-state index contributed by atoms with van der Waals surface area (Å²) in [6, 6.07) is 0. The van der Waals surface area contributed by atoms with Crippen molar-refractivity contribution in [1.82, 2.24) is 0 Å². The topological polar surface area (TPSA) is 26.3 Å². The average Bonchev–Trinajstić information content (AvgIpc) is 1.62. The van der Waals surface area contributed by atoms with E-state index in [1.807, 2.05) is 13.8 Å². The van der Waals surface area contributed by atoms with E-state index in [4.69, 9.17) is 0 Å². The number of carbonyl (C=O) groups excluding carboxylic acids is 1. The number of ether oxygens (including phenoxy) is 1. The second kappa shape index (κ2) is 4.40. The van der Waals surface area contributed by atoms with Crippen molar-refractivity contribution >= 4 is 5.97 Å². The van der Waals surface area contributed by atoms with Gasteiger partial charge in [-0.1, -0.05) is 0 Å². The monoisotopic (exact) mass is 244 g/mol. The minimum atomic E-state index is -0.227. The van der Waals surface area contributed by atoms with Crippen LogP contribution in [0.1, 0.15) is 13.8 Å². The number of hydrogen-bond acceptors (Lipinski definition) is 2. The van der Waals surface area contributed by atoms with Crippen LogP contribution in [0.25, 0.3) is 0 Å². The minimum Gasteiger partial charge on any atom is -1.00 e. The third-order valence-corrected chi connectivity index (χ3v) is 1.34. The van der Waals surface area contributed by atoms with Crippen molar-refractivity contribution in [2.45, 2.75) is 17.9 Å². The van der Waals surface area contributed by atoms with Crippen LogP contribution < -0.4 is 17.0 Å². The number of hydrogen-bond donors (Lipinski definition) is 0. The van der Waals surface area contributed by atoms with Crippen molar-refractivity contribution < 1.29 is 44.8 Å². The van der Waals surface area contributed by atoms with Gasteiger partial charge in [-0.2, -0.15) is 0 Å². The molecule has 0 heterocycles. The molecule has 0 aliphatic heterocycles. The van der Waals surface area contributed by atoms with Gasteiger partial charge in [0, 0.05) is 0 Å². The Morgan fingerprint density at radius 2 is 1.89 bits per heavy atom. The molecule has 2 nitrogen and oxygen atoms in total. The van der Waals surface area contributed by atoms with E-state index in [-0.39, 0.29) is 27.0 Å². The van der Waals surface area contributed by atoms with Gasteiger partial charge in [-0.25, -0.2) is 0 Å². The van der Waals surface area contributed by atoms with Gasteiger partial charge in [0.05, 0.1) is 0 Å². The maximum absolute atomic E-state index is 10.6. The third-order valence-electron chi connectivity index (χ3n) is 0.738. The fourth-order valence-corrected chi connectivity index (χ4v) is 0.579. The van der Waals surface area contributed by atoms with Crippen LogP contribution in [0.3, 0.4) is 0 Å². The summed E-state index contributed by atoms with van der Waals surface area (Å²) in [4.78, 5) is 10.6. The van der Waals surface area contributed by atoms with Crippen LogP contribution in [0.15, 0.2) is 0 Å². The molecule has 0 bridgehead atoms. The van der Waals surface area contributed by atoms with E-state index in [0.29, 0.717) is 0 Å². The second-order valence-electron chi connectivity index (χ2n) is 2.38. The van der Waals surface area contributed by atoms with Crippen LogP contribution in [0.2, 0.25) is 4.01 Å². The van der Waals surface area contributed by atoms with Gasteiger partial charge in [-0.3, -0.25) is 0 Å². The molecule has 50 valence electrons. The quantitative estimate of drug-likeness (QED) is 0.392. The second-order valence-corrected chi connectivity index (χ2v) is 6.08. The predicted octanol–water partition coefficient (Wildman–Crippen LogP) is -2.09. The molecule has 0 fully saturated rings. The molecule has 9 heavy (non-hydrogen) atoms. The SMILES string of the molecule is COC(=O)[C](C)(C)[Zn+].[Br-]. The van der Waals surface area contributed by atoms with Gasteiger partial charge in [0.1, 0.15) is 0 Å². The van der Waals surface area contributed by atoms with Crippen LogP contribution in [0, 0.1) is 0 Å². The van der Waals surface area contributed by atoms with Crippen LogP contribution in [-0.4, -0.2) is 13.1 Å². The first kappa shape index (κ1) is 12.3. The Bertz CT molecular complexity index is 97.6. The van der Waals surface area contributed by atoms with Crippen LogP contribution in [-0.2, 0) is 27.8 Å². The maximum Gasteiger partial charge on any atom is -1.00 e. The summed E-state index contributed by atoms with van der Waals surface area (Å²) in [6.45, 7) is 3.75. The summed E-state index contributed by atoms with van der Waals surface area (Å²) >= 11 is 0.944. The summed E-state index contributed by atoms with van der Waals surface area (Å²) in [6.07, 6.45) is 0. The number of esters is 1. The molecule has 0 radical (unpaired) electrons. The fourth-order valence-electron chi connectivity index (χ4n) is 0.276. The summed E-state index contributed by atoms with van der Waals surface area (Å²) in [5.74, 6) is -0.113. The van der Waals surface area contributed by atoms with Gasteiger partial charge in [-0.05, 0) is 0 Å². The molecule has 0 aliphatic carbocycles. The first-order valence-corrected chi connectivity index (χ1v) is 3.90. The van der Waals surface area contributed by atoms with Gasteiger partial charge >= 0.3 is 58.8 Å². The molecule has 0 aromatic carbocycles. The molecule has 0 aromatic rings. The minimum absolute atomic E-state index is 0. The Morgan fingerprint density at radius 1 is 1.56 bits per heavy atom. The van der Waals surface area contributed by atoms with E-state index in [1.165, 1.54) is 7.11 Å². The first-order chi connectivity index (χ1) is 3.48. The van der Waals surface area contributed by atoms with Gasteiger partial charge < -0.3 is 17.0 Å². The zero-order valence-electron chi connectivity index (χ0n) is 5.90. The Hall–Kier alpha value is 0.573. The van der Waals surface area contributed by atoms with E-state index in [2.05, 4.69) is 4.74 Å². The predicted molar refractivity (Wildman–Crippen MR) is 26.1 cm³/mol. The summed E-state index contributed by atoms with van der Waals surface area (Å²) < 4.78 is 4.28. The van der Waals surface area contributed by atoms with E-state index < -0.39 is 0 Å². The van der Waals surface area contributed by atoms with Crippen molar-refractivity contribution in [3.63, 3.8) is 0 Å². The molecule has 0 amide bonds. The van der Waals surface area contributed by atoms with Gasteiger partial charge in [0.15, 0.2) is 0 Å². The Morgan fingerprint density at radius 3 is 1.89 bits per heavy atom. The fraction of sp³-hybridized carbons (Fsp3) is 0.800. The van der Waals surface area contributed by atoms with Crippen LogP contribution >= 0.6 is 0 Å². The van der Waals surface area contributed by atoms with Crippen molar-refractivity contribution in [3.05, 3.63) is 0 Å². The standard InChI is InChI=1S/C5H9O2.BrH.Zn/c1-4(2)5(6)7-3;;/h1-3H3;1H;/q;;+1/p-1. The summed E-state index contributed by atoms with van der Waals surface area (Å²) in [7, 11) is 1.42. The van der Waals surface area contributed by atoms with Crippen molar-refractivity contribution in [2.24, 2.45) is 0 Å². The summed E-state index contributed by atoms with van der Waals surface area (Å²) in [5, 5.41) is 0. The Labute approximate surface area is 75.8 Å². The van der Waals surface area contributed by atoms with Crippen LogP contribution in [0.4, 0.5) is 0 Å². The molecule has 0 unspecified atom stereocenters. The molecule has 0 saturated heterocycles. The Kier molecular flexibility index (Phi) is 6.00. The molecular weight excluding hydrogens is 237 g/mol. The molecule has 0 rings (SSSR count). The molecule has 0 saturated carbocycles. The Balaban J connectivity index is 0. The van der Waals surface area contributed by atoms with E-state index in [1.54, 1.807) is 0 Å². The number of rotatable bonds is 1. The van der Waals surface area contributed by atoms with E-state index in [9.17, 15) is 4.79 Å². The largest absolute Gasteiger partial charge is 1.00 e. The van der Waals surface area contributed by atoms with Crippen LogP contribution in [0.5, 0.6) is 0 Å². The van der Waals surface area contributed by atoms with Crippen molar-refractivity contribution in [2.75, 3.05) is 7.11 Å². The third kappa shape index (κ3) is 5.04. The number of carbonyl (C=O) groups is 1. The molecular formula is C5H9BrO2Zn. The maximum atomic E-state index is 10.6. The smallest absolute Gasteiger partial charge is 1.00 e. The van der Waals surface area contributed by atoms with Crippen molar-refractivity contribution in [3.8, 4) is 0 Å².